The minimum Gasteiger partial charge on any atom is -0.481 e. The lowest BCUT2D eigenvalue weighted by Crippen LogP contribution is -2.09. The van der Waals surface area contributed by atoms with Crippen LogP contribution >= 0.6 is 0 Å². The quantitative estimate of drug-likeness (QED) is 0.632. The third-order valence-corrected chi connectivity index (χ3v) is 1.63. The molecule has 0 bridgehead atoms. The molecule has 2 heteroatoms. The van der Waals surface area contributed by atoms with E-state index >= 15 is 0 Å². The van der Waals surface area contributed by atoms with E-state index in [4.69, 9.17) is 5.11 Å². The van der Waals surface area contributed by atoms with E-state index in [2.05, 4.69) is 0 Å². The molecule has 0 aromatic rings. The Labute approximate surface area is 55.9 Å². The molecule has 0 fully saturated rings. The molecule has 0 saturated heterocycles. The summed E-state index contributed by atoms with van der Waals surface area (Å²) < 4.78 is 0. The Morgan fingerprint density at radius 2 is 1.89 bits per heavy atom. The molecule has 0 aliphatic rings. The summed E-state index contributed by atoms with van der Waals surface area (Å²) in [5.41, 5.74) is 0. The molecule has 9 heavy (non-hydrogen) atoms. The lowest BCUT2D eigenvalue weighted by Gasteiger charge is -2.11. The molecule has 54 valence electrons. The molecule has 0 aromatic heterocycles. The van der Waals surface area contributed by atoms with Crippen molar-refractivity contribution in [2.45, 2.75) is 27.2 Å². The molecule has 1 N–H and O–H groups in total. The Hall–Kier alpha value is -0.530. The van der Waals surface area contributed by atoms with Gasteiger partial charge in [0.1, 0.15) is 0 Å². The van der Waals surface area contributed by atoms with Crippen LogP contribution in [0.3, 0.4) is 0 Å². The molecule has 2 nitrogen and oxygen atoms in total. The number of carboxylic acid groups (broad SMARTS) is 1. The van der Waals surface area contributed by atoms with E-state index in [1.807, 2.05) is 20.8 Å². The first kappa shape index (κ1) is 8.47. The van der Waals surface area contributed by atoms with Crippen LogP contribution in [0.25, 0.3) is 0 Å². The van der Waals surface area contributed by atoms with Gasteiger partial charge in [0.2, 0.25) is 0 Å². The Balaban J connectivity index is 3.50. The highest BCUT2D eigenvalue weighted by atomic mass is 16.4. The first-order chi connectivity index (χ1) is 4.04. The van der Waals surface area contributed by atoms with E-state index in [1.54, 1.807) is 0 Å². The lowest BCUT2D eigenvalue weighted by molar-refractivity contribution is -0.138. The SMILES string of the molecule is CC(C)[C@H](C)CC(=O)O. The minimum atomic E-state index is -0.698. The number of rotatable bonds is 3. The van der Waals surface area contributed by atoms with Crippen LogP contribution in [0.5, 0.6) is 0 Å². The van der Waals surface area contributed by atoms with Crippen LogP contribution in [0, 0.1) is 11.8 Å². The Bertz CT molecular complexity index is 97.1. The number of carbonyl (C=O) groups is 1. The van der Waals surface area contributed by atoms with Gasteiger partial charge in [-0.05, 0) is 11.8 Å². The highest BCUT2D eigenvalue weighted by molar-refractivity contribution is 5.66. The fraction of sp³-hybridized carbons (Fsp3) is 0.857. The van der Waals surface area contributed by atoms with Gasteiger partial charge in [-0.15, -0.1) is 0 Å². The fourth-order valence-electron chi connectivity index (χ4n) is 0.511. The fourth-order valence-corrected chi connectivity index (χ4v) is 0.511. The predicted molar refractivity (Wildman–Crippen MR) is 36.3 cm³/mol. The van der Waals surface area contributed by atoms with Gasteiger partial charge in [-0.2, -0.15) is 0 Å². The summed E-state index contributed by atoms with van der Waals surface area (Å²) in [4.78, 5) is 10.1. The zero-order valence-electron chi connectivity index (χ0n) is 6.22. The first-order valence-electron chi connectivity index (χ1n) is 3.25. The summed E-state index contributed by atoms with van der Waals surface area (Å²) in [6.07, 6.45) is 0.289. The standard InChI is InChI=1S/C7H14O2/c1-5(2)6(3)4-7(8)9/h5-6H,4H2,1-3H3,(H,8,9)/t6-/m1/s1. The summed E-state index contributed by atoms with van der Waals surface area (Å²) in [7, 11) is 0. The van der Waals surface area contributed by atoms with Crippen LogP contribution in [0.4, 0.5) is 0 Å². The van der Waals surface area contributed by atoms with Gasteiger partial charge in [0.05, 0.1) is 0 Å². The Kier molecular flexibility index (Phi) is 3.28. The normalized spacial score (nSPS) is 13.8. The highest BCUT2D eigenvalue weighted by Crippen LogP contribution is 2.12. The van der Waals surface area contributed by atoms with Crippen molar-refractivity contribution < 1.29 is 9.90 Å². The number of carboxylic acids is 1. The van der Waals surface area contributed by atoms with Crippen molar-refractivity contribution in [3.63, 3.8) is 0 Å². The largest absolute Gasteiger partial charge is 0.481 e. The molecule has 0 unspecified atom stereocenters. The van der Waals surface area contributed by atoms with Gasteiger partial charge in [0.25, 0.3) is 0 Å². The zero-order valence-corrected chi connectivity index (χ0v) is 6.22. The molecule has 0 spiro atoms. The van der Waals surface area contributed by atoms with E-state index in [-0.39, 0.29) is 6.42 Å². The third-order valence-electron chi connectivity index (χ3n) is 1.63. The summed E-state index contributed by atoms with van der Waals surface area (Å²) in [5, 5.41) is 8.33. The zero-order chi connectivity index (χ0) is 7.44. The van der Waals surface area contributed by atoms with Gasteiger partial charge in [-0.3, -0.25) is 4.79 Å². The predicted octanol–water partition coefficient (Wildman–Crippen LogP) is 1.75. The van der Waals surface area contributed by atoms with Crippen molar-refractivity contribution in [2.75, 3.05) is 0 Å². The Morgan fingerprint density at radius 3 is 2.00 bits per heavy atom. The van der Waals surface area contributed by atoms with Crippen LogP contribution in [0.2, 0.25) is 0 Å². The lowest BCUT2D eigenvalue weighted by atomic mass is 9.95. The smallest absolute Gasteiger partial charge is 0.303 e. The second-order valence-electron chi connectivity index (χ2n) is 2.82. The van der Waals surface area contributed by atoms with Crippen LogP contribution in [-0.2, 0) is 4.79 Å². The number of hydrogen-bond donors (Lipinski definition) is 1. The minimum absolute atomic E-state index is 0.289. The molecule has 0 aliphatic heterocycles. The van der Waals surface area contributed by atoms with Crippen LogP contribution < -0.4 is 0 Å². The van der Waals surface area contributed by atoms with Crippen LogP contribution in [-0.4, -0.2) is 11.1 Å². The van der Waals surface area contributed by atoms with E-state index in [0.717, 1.165) is 0 Å². The van der Waals surface area contributed by atoms with Gasteiger partial charge < -0.3 is 5.11 Å². The molecule has 0 aliphatic carbocycles. The maximum absolute atomic E-state index is 10.1. The van der Waals surface area contributed by atoms with E-state index < -0.39 is 5.97 Å². The Morgan fingerprint density at radius 1 is 1.44 bits per heavy atom. The van der Waals surface area contributed by atoms with Crippen molar-refractivity contribution in [1.29, 1.82) is 0 Å². The molecule has 0 aromatic carbocycles. The van der Waals surface area contributed by atoms with Crippen LogP contribution in [0.1, 0.15) is 27.2 Å². The molecule has 0 rings (SSSR count). The van der Waals surface area contributed by atoms with Gasteiger partial charge >= 0.3 is 5.97 Å². The number of hydrogen-bond acceptors (Lipinski definition) is 1. The van der Waals surface area contributed by atoms with E-state index in [0.29, 0.717) is 11.8 Å². The first-order valence-corrected chi connectivity index (χ1v) is 3.25. The number of aliphatic carboxylic acids is 1. The van der Waals surface area contributed by atoms with Crippen LogP contribution in [0.15, 0.2) is 0 Å². The van der Waals surface area contributed by atoms with Crippen molar-refractivity contribution in [1.82, 2.24) is 0 Å². The topological polar surface area (TPSA) is 37.3 Å². The van der Waals surface area contributed by atoms with E-state index in [9.17, 15) is 4.79 Å². The molecule has 0 amide bonds. The molecule has 0 radical (unpaired) electrons. The van der Waals surface area contributed by atoms with Gasteiger partial charge in [-0.1, -0.05) is 20.8 Å². The molecular formula is C7H14O2. The van der Waals surface area contributed by atoms with Crippen molar-refractivity contribution >= 4 is 5.97 Å². The summed E-state index contributed by atoms with van der Waals surface area (Å²) in [6, 6.07) is 0. The average Bonchev–Trinajstić information content (AvgIpc) is 1.63. The molecule has 1 atom stereocenters. The molecule has 0 heterocycles. The van der Waals surface area contributed by atoms with Gasteiger partial charge in [0.15, 0.2) is 0 Å². The summed E-state index contributed by atoms with van der Waals surface area (Å²) in [6.45, 7) is 6.03. The van der Waals surface area contributed by atoms with Crippen molar-refractivity contribution in [3.05, 3.63) is 0 Å². The van der Waals surface area contributed by atoms with E-state index in [1.165, 1.54) is 0 Å². The second-order valence-corrected chi connectivity index (χ2v) is 2.82. The maximum Gasteiger partial charge on any atom is 0.303 e. The summed E-state index contributed by atoms with van der Waals surface area (Å²) in [5.74, 6) is 0.0693. The average molecular weight is 130 g/mol. The second kappa shape index (κ2) is 3.49. The van der Waals surface area contributed by atoms with Crippen molar-refractivity contribution in [2.24, 2.45) is 11.8 Å². The van der Waals surface area contributed by atoms with Gasteiger partial charge in [0, 0.05) is 6.42 Å². The molecule has 0 saturated carbocycles. The van der Waals surface area contributed by atoms with Gasteiger partial charge in [-0.25, -0.2) is 0 Å². The monoisotopic (exact) mass is 130 g/mol. The van der Waals surface area contributed by atoms with Crippen molar-refractivity contribution in [3.8, 4) is 0 Å². The maximum atomic E-state index is 10.1. The summed E-state index contributed by atoms with van der Waals surface area (Å²) >= 11 is 0. The third kappa shape index (κ3) is 4.01. The molecular weight excluding hydrogens is 116 g/mol. The highest BCUT2D eigenvalue weighted by Gasteiger charge is 2.10.